The minimum absolute atomic E-state index is 0.287. The van der Waals surface area contributed by atoms with Crippen LogP contribution in [0.1, 0.15) is 35.7 Å². The lowest BCUT2D eigenvalue weighted by atomic mass is 10.1. The van der Waals surface area contributed by atoms with Crippen molar-refractivity contribution in [3.8, 4) is 0 Å². The number of carbonyl (C=O) groups is 1. The van der Waals surface area contributed by atoms with E-state index >= 15 is 0 Å². The second kappa shape index (κ2) is 4.89. The SMILES string of the molecule is CSC1CCCC1n1cnc2c(C(=O)O)cccc21. The summed E-state index contributed by atoms with van der Waals surface area (Å²) in [5.41, 5.74) is 1.82. The standard InChI is InChI=1S/C14H16N2O2S/c1-19-12-7-3-5-10(12)16-8-15-13-9(14(17)18)4-2-6-11(13)16/h2,4,6,8,10,12H,3,5,7H2,1H3,(H,17,18). The third-order valence-corrected chi connectivity index (χ3v) is 5.07. The number of rotatable bonds is 3. The molecule has 1 aromatic heterocycles. The van der Waals surface area contributed by atoms with Gasteiger partial charge in [-0.05, 0) is 31.2 Å². The highest BCUT2D eigenvalue weighted by Gasteiger charge is 2.29. The van der Waals surface area contributed by atoms with Gasteiger partial charge in [0.25, 0.3) is 0 Å². The predicted molar refractivity (Wildman–Crippen MR) is 76.9 cm³/mol. The zero-order chi connectivity index (χ0) is 13.4. The summed E-state index contributed by atoms with van der Waals surface area (Å²) in [6, 6.07) is 5.81. The van der Waals surface area contributed by atoms with Crippen LogP contribution in [0.3, 0.4) is 0 Å². The Morgan fingerprint density at radius 1 is 1.47 bits per heavy atom. The lowest BCUT2D eigenvalue weighted by Crippen LogP contribution is -2.14. The van der Waals surface area contributed by atoms with Crippen molar-refractivity contribution >= 4 is 28.8 Å². The first-order chi connectivity index (χ1) is 9.22. The number of hydrogen-bond acceptors (Lipinski definition) is 3. The molecule has 0 bridgehead atoms. The maximum atomic E-state index is 11.2. The van der Waals surface area contributed by atoms with Gasteiger partial charge < -0.3 is 9.67 Å². The number of aromatic nitrogens is 2. The molecule has 1 saturated carbocycles. The molecule has 2 atom stereocenters. The van der Waals surface area contributed by atoms with Crippen LogP contribution in [-0.2, 0) is 0 Å². The average Bonchev–Trinajstić information content (AvgIpc) is 3.03. The molecule has 2 unspecified atom stereocenters. The fourth-order valence-corrected chi connectivity index (χ4v) is 3.98. The van der Waals surface area contributed by atoms with Crippen LogP contribution in [0.4, 0.5) is 0 Å². The molecule has 0 radical (unpaired) electrons. The van der Waals surface area contributed by atoms with Crippen molar-refractivity contribution in [1.82, 2.24) is 9.55 Å². The number of thioether (sulfide) groups is 1. The third kappa shape index (κ3) is 2.02. The highest BCUT2D eigenvalue weighted by molar-refractivity contribution is 7.99. The van der Waals surface area contributed by atoms with E-state index in [9.17, 15) is 9.90 Å². The summed E-state index contributed by atoms with van der Waals surface area (Å²) < 4.78 is 2.16. The van der Waals surface area contributed by atoms with E-state index < -0.39 is 5.97 Å². The molecule has 100 valence electrons. The Hall–Kier alpha value is -1.49. The largest absolute Gasteiger partial charge is 0.478 e. The molecule has 1 N–H and O–H groups in total. The molecule has 3 rings (SSSR count). The van der Waals surface area contributed by atoms with Gasteiger partial charge in [0.05, 0.1) is 17.4 Å². The molecule has 4 nitrogen and oxygen atoms in total. The maximum Gasteiger partial charge on any atom is 0.337 e. The van der Waals surface area contributed by atoms with Crippen molar-refractivity contribution in [2.45, 2.75) is 30.6 Å². The molecular weight excluding hydrogens is 260 g/mol. The Morgan fingerprint density at radius 3 is 3.05 bits per heavy atom. The number of benzene rings is 1. The smallest absolute Gasteiger partial charge is 0.337 e. The van der Waals surface area contributed by atoms with Crippen molar-refractivity contribution in [2.24, 2.45) is 0 Å². The van der Waals surface area contributed by atoms with Crippen LogP contribution in [0.15, 0.2) is 24.5 Å². The van der Waals surface area contributed by atoms with E-state index in [-0.39, 0.29) is 5.56 Å². The van der Waals surface area contributed by atoms with E-state index in [0.29, 0.717) is 16.8 Å². The van der Waals surface area contributed by atoms with Crippen LogP contribution in [-0.4, -0.2) is 32.1 Å². The first-order valence-electron chi connectivity index (χ1n) is 6.44. The summed E-state index contributed by atoms with van der Waals surface area (Å²) in [4.78, 5) is 15.5. The summed E-state index contributed by atoms with van der Waals surface area (Å²) in [5, 5.41) is 9.80. The van der Waals surface area contributed by atoms with E-state index in [1.807, 2.05) is 17.8 Å². The summed E-state index contributed by atoms with van der Waals surface area (Å²) in [7, 11) is 0. The van der Waals surface area contributed by atoms with Gasteiger partial charge in [-0.1, -0.05) is 12.5 Å². The molecule has 2 aromatic rings. The number of para-hydroxylation sites is 1. The minimum Gasteiger partial charge on any atom is -0.478 e. The number of aromatic carboxylic acids is 1. The number of nitrogens with zero attached hydrogens (tertiary/aromatic N) is 2. The fourth-order valence-electron chi connectivity index (χ4n) is 2.99. The normalized spacial score (nSPS) is 23.0. The Kier molecular flexibility index (Phi) is 3.22. The molecule has 0 saturated heterocycles. The van der Waals surface area contributed by atoms with Gasteiger partial charge in [-0.15, -0.1) is 0 Å². The summed E-state index contributed by atoms with van der Waals surface area (Å²) in [6.45, 7) is 0. The summed E-state index contributed by atoms with van der Waals surface area (Å²) in [5.74, 6) is -0.913. The molecule has 1 fully saturated rings. The second-order valence-corrected chi connectivity index (χ2v) is 5.98. The molecule has 19 heavy (non-hydrogen) atoms. The molecule has 1 aliphatic carbocycles. The van der Waals surface area contributed by atoms with Gasteiger partial charge >= 0.3 is 5.97 Å². The van der Waals surface area contributed by atoms with E-state index in [1.54, 1.807) is 18.5 Å². The summed E-state index contributed by atoms with van der Waals surface area (Å²) >= 11 is 1.89. The average molecular weight is 276 g/mol. The van der Waals surface area contributed by atoms with Crippen LogP contribution in [0, 0.1) is 0 Å². The van der Waals surface area contributed by atoms with Crippen molar-refractivity contribution in [1.29, 1.82) is 0 Å². The van der Waals surface area contributed by atoms with Gasteiger partial charge in [-0.25, -0.2) is 9.78 Å². The van der Waals surface area contributed by atoms with Crippen molar-refractivity contribution in [3.63, 3.8) is 0 Å². The molecule has 0 spiro atoms. The van der Waals surface area contributed by atoms with E-state index in [2.05, 4.69) is 15.8 Å². The minimum atomic E-state index is -0.913. The highest BCUT2D eigenvalue weighted by atomic mass is 32.2. The first-order valence-corrected chi connectivity index (χ1v) is 7.73. The Morgan fingerprint density at radius 2 is 2.32 bits per heavy atom. The Bertz CT molecular complexity index is 623. The molecule has 1 aromatic carbocycles. The van der Waals surface area contributed by atoms with Crippen LogP contribution in [0.2, 0.25) is 0 Å². The zero-order valence-corrected chi connectivity index (χ0v) is 11.6. The van der Waals surface area contributed by atoms with Crippen molar-refractivity contribution in [3.05, 3.63) is 30.1 Å². The van der Waals surface area contributed by atoms with Crippen LogP contribution in [0.5, 0.6) is 0 Å². The monoisotopic (exact) mass is 276 g/mol. The molecule has 5 heteroatoms. The van der Waals surface area contributed by atoms with E-state index in [0.717, 1.165) is 11.9 Å². The van der Waals surface area contributed by atoms with E-state index in [4.69, 9.17) is 0 Å². The second-order valence-electron chi connectivity index (χ2n) is 4.90. The molecule has 1 aliphatic rings. The van der Waals surface area contributed by atoms with E-state index in [1.165, 1.54) is 12.8 Å². The topological polar surface area (TPSA) is 55.1 Å². The zero-order valence-electron chi connectivity index (χ0n) is 10.7. The molecule has 0 amide bonds. The number of hydrogen-bond donors (Lipinski definition) is 1. The Labute approximate surface area is 115 Å². The lowest BCUT2D eigenvalue weighted by Gasteiger charge is -2.19. The van der Waals surface area contributed by atoms with Gasteiger partial charge in [0, 0.05) is 11.3 Å². The Balaban J connectivity index is 2.11. The lowest BCUT2D eigenvalue weighted by molar-refractivity contribution is 0.0699. The maximum absolute atomic E-state index is 11.2. The van der Waals surface area contributed by atoms with Crippen molar-refractivity contribution < 1.29 is 9.90 Å². The number of carboxylic acids is 1. The predicted octanol–water partition coefficient (Wildman–Crippen LogP) is 3.19. The first kappa shape index (κ1) is 12.5. The van der Waals surface area contributed by atoms with Gasteiger partial charge in [0.15, 0.2) is 0 Å². The van der Waals surface area contributed by atoms with Gasteiger partial charge in [0.1, 0.15) is 5.52 Å². The third-order valence-electron chi connectivity index (χ3n) is 3.91. The van der Waals surface area contributed by atoms with Crippen LogP contribution >= 0.6 is 11.8 Å². The highest BCUT2D eigenvalue weighted by Crippen LogP contribution is 2.39. The van der Waals surface area contributed by atoms with Gasteiger partial charge in [0.2, 0.25) is 0 Å². The summed E-state index contributed by atoms with van der Waals surface area (Å²) in [6.07, 6.45) is 7.55. The number of fused-ring (bicyclic) bond motifs is 1. The quantitative estimate of drug-likeness (QED) is 0.935. The van der Waals surface area contributed by atoms with Crippen molar-refractivity contribution in [2.75, 3.05) is 6.26 Å². The van der Waals surface area contributed by atoms with Crippen LogP contribution in [0.25, 0.3) is 11.0 Å². The fraction of sp³-hybridized carbons (Fsp3) is 0.429. The molecule has 0 aliphatic heterocycles. The molecule has 1 heterocycles. The number of carboxylic acid groups (broad SMARTS) is 1. The van der Waals surface area contributed by atoms with Gasteiger partial charge in [-0.2, -0.15) is 11.8 Å². The van der Waals surface area contributed by atoms with Gasteiger partial charge in [-0.3, -0.25) is 0 Å². The molecular formula is C14H16N2O2S. The number of imidazole rings is 1. The van der Waals surface area contributed by atoms with Crippen LogP contribution < -0.4 is 0 Å².